The quantitative estimate of drug-likeness (QED) is 0.320. The molecule has 1 heterocycles. The van der Waals surface area contributed by atoms with Crippen LogP contribution in [0.1, 0.15) is 115 Å². The second-order valence-corrected chi connectivity index (χ2v) is 10.0. The third-order valence-electron chi connectivity index (χ3n) is 7.43. The topological polar surface area (TPSA) is 18.5 Å². The number of benzene rings is 1. The Morgan fingerprint density at radius 1 is 0.667 bits per heavy atom. The van der Waals surface area contributed by atoms with Crippen LogP contribution < -0.4 is 0 Å². The van der Waals surface area contributed by atoms with Gasteiger partial charge in [-0.25, -0.2) is 0 Å². The summed E-state index contributed by atoms with van der Waals surface area (Å²) in [6, 6.07) is 9.00. The zero-order valence-electron chi connectivity index (χ0n) is 19.7. The Balaban J connectivity index is 1.29. The largest absolute Gasteiger partial charge is 0.348 e. The molecule has 30 heavy (non-hydrogen) atoms. The van der Waals surface area contributed by atoms with E-state index in [2.05, 4.69) is 38.1 Å². The van der Waals surface area contributed by atoms with Crippen molar-refractivity contribution in [3.05, 3.63) is 35.4 Å². The van der Waals surface area contributed by atoms with E-state index in [9.17, 15) is 0 Å². The Morgan fingerprint density at radius 2 is 1.27 bits per heavy atom. The molecular weight excluding hydrogens is 368 g/mol. The summed E-state index contributed by atoms with van der Waals surface area (Å²) >= 11 is 0. The van der Waals surface area contributed by atoms with Gasteiger partial charge in [0.25, 0.3) is 0 Å². The Hall–Kier alpha value is -0.860. The molecule has 0 atom stereocenters. The van der Waals surface area contributed by atoms with Crippen molar-refractivity contribution >= 4 is 0 Å². The van der Waals surface area contributed by atoms with Crippen LogP contribution >= 0.6 is 0 Å². The SMILES string of the molecule is CCCCCC1COC(c2ccc(CCCCC3CCC(CCC)CC3)cc2)OC1. The van der Waals surface area contributed by atoms with Gasteiger partial charge < -0.3 is 9.47 Å². The van der Waals surface area contributed by atoms with Gasteiger partial charge in [-0.15, -0.1) is 0 Å². The van der Waals surface area contributed by atoms with Crippen LogP contribution in [0.25, 0.3) is 0 Å². The number of hydrogen-bond acceptors (Lipinski definition) is 2. The van der Waals surface area contributed by atoms with Crippen molar-refractivity contribution < 1.29 is 9.47 Å². The van der Waals surface area contributed by atoms with E-state index in [0.717, 1.165) is 25.0 Å². The van der Waals surface area contributed by atoms with E-state index in [-0.39, 0.29) is 6.29 Å². The van der Waals surface area contributed by atoms with Gasteiger partial charge in [0.1, 0.15) is 0 Å². The smallest absolute Gasteiger partial charge is 0.183 e. The van der Waals surface area contributed by atoms with Gasteiger partial charge in [-0.1, -0.05) is 109 Å². The number of aryl methyl sites for hydroxylation is 1. The molecule has 1 aromatic rings. The van der Waals surface area contributed by atoms with Crippen LogP contribution in [0.2, 0.25) is 0 Å². The van der Waals surface area contributed by atoms with Gasteiger partial charge in [-0.3, -0.25) is 0 Å². The maximum absolute atomic E-state index is 6.01. The minimum Gasteiger partial charge on any atom is -0.348 e. The van der Waals surface area contributed by atoms with Crippen molar-refractivity contribution in [1.82, 2.24) is 0 Å². The first-order chi connectivity index (χ1) is 14.8. The standard InChI is InChI=1S/C28H46O2/c1-3-5-6-12-26-21-29-28(30-22-26)27-19-17-25(18-20-27)11-8-7-10-24-15-13-23(9-4-2)14-16-24/h17-20,23-24,26,28H,3-16,21-22H2,1-2H3. The van der Waals surface area contributed by atoms with Gasteiger partial charge in [-0.2, -0.15) is 0 Å². The zero-order chi connectivity index (χ0) is 21.0. The lowest BCUT2D eigenvalue weighted by Crippen LogP contribution is -2.27. The van der Waals surface area contributed by atoms with Gasteiger partial charge in [0.05, 0.1) is 13.2 Å². The minimum absolute atomic E-state index is 0.163. The monoisotopic (exact) mass is 414 g/mol. The molecule has 170 valence electrons. The highest BCUT2D eigenvalue weighted by Gasteiger charge is 2.23. The summed E-state index contributed by atoms with van der Waals surface area (Å²) in [6.07, 6.45) is 19.1. The molecule has 2 aliphatic rings. The average Bonchev–Trinajstić information content (AvgIpc) is 2.79. The summed E-state index contributed by atoms with van der Waals surface area (Å²) in [5, 5.41) is 0. The van der Waals surface area contributed by atoms with E-state index in [1.54, 1.807) is 0 Å². The van der Waals surface area contributed by atoms with Gasteiger partial charge in [0.2, 0.25) is 0 Å². The molecule has 0 radical (unpaired) electrons. The van der Waals surface area contributed by atoms with E-state index in [4.69, 9.17) is 9.47 Å². The summed E-state index contributed by atoms with van der Waals surface area (Å²) in [4.78, 5) is 0. The molecule has 1 aromatic carbocycles. The van der Waals surface area contributed by atoms with Gasteiger partial charge in [0, 0.05) is 11.5 Å². The molecule has 3 rings (SSSR count). The minimum atomic E-state index is -0.163. The molecule has 1 aliphatic carbocycles. The first kappa shape index (κ1) is 23.8. The molecule has 1 aliphatic heterocycles. The Morgan fingerprint density at radius 3 is 1.90 bits per heavy atom. The molecule has 2 heteroatoms. The highest BCUT2D eigenvalue weighted by atomic mass is 16.7. The number of rotatable bonds is 12. The lowest BCUT2D eigenvalue weighted by atomic mass is 9.78. The van der Waals surface area contributed by atoms with Crippen LogP contribution in [0.4, 0.5) is 0 Å². The fourth-order valence-electron chi connectivity index (χ4n) is 5.41. The van der Waals surface area contributed by atoms with Crippen LogP contribution in [-0.4, -0.2) is 13.2 Å². The second kappa shape index (κ2) is 13.5. The fourth-order valence-corrected chi connectivity index (χ4v) is 5.41. The first-order valence-corrected chi connectivity index (χ1v) is 13.1. The van der Waals surface area contributed by atoms with Crippen molar-refractivity contribution in [3.63, 3.8) is 0 Å². The molecule has 1 saturated carbocycles. The lowest BCUT2D eigenvalue weighted by Gasteiger charge is -2.29. The Kier molecular flexibility index (Phi) is 10.7. The normalized spacial score (nSPS) is 27.3. The van der Waals surface area contributed by atoms with E-state index < -0.39 is 0 Å². The third-order valence-corrected chi connectivity index (χ3v) is 7.43. The van der Waals surface area contributed by atoms with Crippen molar-refractivity contribution in [1.29, 1.82) is 0 Å². The average molecular weight is 415 g/mol. The van der Waals surface area contributed by atoms with Crippen LogP contribution in [0, 0.1) is 17.8 Å². The van der Waals surface area contributed by atoms with Gasteiger partial charge >= 0.3 is 0 Å². The van der Waals surface area contributed by atoms with Crippen LogP contribution in [0.15, 0.2) is 24.3 Å². The summed E-state index contributed by atoms with van der Waals surface area (Å²) in [5.74, 6) is 2.62. The molecule has 0 amide bonds. The summed E-state index contributed by atoms with van der Waals surface area (Å²) in [7, 11) is 0. The fraction of sp³-hybridized carbons (Fsp3) is 0.786. The molecule has 2 nitrogen and oxygen atoms in total. The van der Waals surface area contributed by atoms with E-state index in [1.807, 2.05) is 0 Å². The molecule has 0 aromatic heterocycles. The van der Waals surface area contributed by atoms with Crippen LogP contribution in [0.5, 0.6) is 0 Å². The van der Waals surface area contributed by atoms with Crippen molar-refractivity contribution in [2.75, 3.05) is 13.2 Å². The summed E-state index contributed by atoms with van der Waals surface area (Å²) < 4.78 is 12.0. The maximum atomic E-state index is 6.01. The van der Waals surface area contributed by atoms with Crippen molar-refractivity contribution in [3.8, 4) is 0 Å². The summed E-state index contributed by atoms with van der Waals surface area (Å²) in [5.41, 5.74) is 2.63. The molecule has 0 unspecified atom stereocenters. The van der Waals surface area contributed by atoms with E-state index in [1.165, 1.54) is 101 Å². The third kappa shape index (κ3) is 8.00. The van der Waals surface area contributed by atoms with Crippen molar-refractivity contribution in [2.24, 2.45) is 17.8 Å². The van der Waals surface area contributed by atoms with E-state index >= 15 is 0 Å². The Labute approximate surface area is 186 Å². The predicted molar refractivity (Wildman–Crippen MR) is 127 cm³/mol. The lowest BCUT2D eigenvalue weighted by molar-refractivity contribution is -0.206. The molecular formula is C28H46O2. The molecule has 0 bridgehead atoms. The van der Waals surface area contributed by atoms with Gasteiger partial charge in [0.15, 0.2) is 6.29 Å². The molecule has 1 saturated heterocycles. The van der Waals surface area contributed by atoms with Crippen LogP contribution in [0.3, 0.4) is 0 Å². The molecule has 0 spiro atoms. The summed E-state index contributed by atoms with van der Waals surface area (Å²) in [6.45, 7) is 6.28. The highest BCUT2D eigenvalue weighted by molar-refractivity contribution is 5.23. The first-order valence-electron chi connectivity index (χ1n) is 13.1. The predicted octanol–water partition coefficient (Wildman–Crippen LogP) is 8.25. The highest BCUT2D eigenvalue weighted by Crippen LogP contribution is 2.34. The van der Waals surface area contributed by atoms with E-state index in [0.29, 0.717) is 5.92 Å². The molecule has 2 fully saturated rings. The Bertz CT molecular complexity index is 551. The zero-order valence-corrected chi connectivity index (χ0v) is 19.7. The number of ether oxygens (including phenoxy) is 2. The van der Waals surface area contributed by atoms with Crippen molar-refractivity contribution in [2.45, 2.75) is 110 Å². The van der Waals surface area contributed by atoms with Gasteiger partial charge in [-0.05, 0) is 36.7 Å². The number of unbranched alkanes of at least 4 members (excludes halogenated alkanes) is 3. The second-order valence-electron chi connectivity index (χ2n) is 10.0. The maximum Gasteiger partial charge on any atom is 0.183 e. The molecule has 0 N–H and O–H groups in total. The van der Waals surface area contributed by atoms with Crippen LogP contribution in [-0.2, 0) is 15.9 Å². The number of hydrogen-bond donors (Lipinski definition) is 0.